The Labute approximate surface area is 111 Å². The highest BCUT2D eigenvalue weighted by Gasteiger charge is 2.33. The largest absolute Gasteiger partial charge is 0.497 e. The number of carbonyl (C=O) groups is 1. The quantitative estimate of drug-likeness (QED) is 0.839. The predicted octanol–water partition coefficient (Wildman–Crippen LogP) is 2.30. The van der Waals surface area contributed by atoms with Gasteiger partial charge in [0.15, 0.2) is 0 Å². The van der Waals surface area contributed by atoms with Crippen molar-refractivity contribution in [3.8, 4) is 11.5 Å². The SMILES string of the molecule is CCN1C(=O)CSC1c1ccc(OC)cc1OC. The molecule has 0 N–H and O–H groups in total. The van der Waals surface area contributed by atoms with E-state index in [0.717, 1.165) is 17.1 Å². The van der Waals surface area contributed by atoms with Crippen molar-refractivity contribution in [2.24, 2.45) is 0 Å². The van der Waals surface area contributed by atoms with Crippen LogP contribution in [0.25, 0.3) is 0 Å². The van der Waals surface area contributed by atoms with Crippen LogP contribution >= 0.6 is 11.8 Å². The van der Waals surface area contributed by atoms with Crippen LogP contribution in [-0.2, 0) is 4.79 Å². The fourth-order valence-electron chi connectivity index (χ4n) is 2.08. The van der Waals surface area contributed by atoms with Crippen LogP contribution in [0.2, 0.25) is 0 Å². The van der Waals surface area contributed by atoms with Crippen LogP contribution in [0.3, 0.4) is 0 Å². The molecule has 0 spiro atoms. The first-order chi connectivity index (χ1) is 8.71. The number of nitrogens with zero attached hydrogens (tertiary/aromatic N) is 1. The van der Waals surface area contributed by atoms with Gasteiger partial charge in [-0.25, -0.2) is 0 Å². The first-order valence-corrected chi connectivity index (χ1v) is 6.89. The van der Waals surface area contributed by atoms with Crippen molar-refractivity contribution in [3.05, 3.63) is 23.8 Å². The van der Waals surface area contributed by atoms with Crippen LogP contribution in [0.15, 0.2) is 18.2 Å². The molecule has 0 aliphatic carbocycles. The standard InChI is InChI=1S/C13H17NO3S/c1-4-14-12(15)8-18-13(14)10-6-5-9(16-2)7-11(10)17-3/h5-7,13H,4,8H2,1-3H3. The Kier molecular flexibility index (Phi) is 4.01. The number of hydrogen-bond donors (Lipinski definition) is 0. The fraction of sp³-hybridized carbons (Fsp3) is 0.462. The fourth-order valence-corrected chi connectivity index (χ4v) is 3.36. The van der Waals surface area contributed by atoms with Gasteiger partial charge in [-0.2, -0.15) is 0 Å². The monoisotopic (exact) mass is 267 g/mol. The van der Waals surface area contributed by atoms with Crippen LogP contribution in [0, 0.1) is 0 Å². The van der Waals surface area contributed by atoms with E-state index in [1.807, 2.05) is 30.0 Å². The van der Waals surface area contributed by atoms with Gasteiger partial charge in [0.25, 0.3) is 0 Å². The molecular weight excluding hydrogens is 250 g/mol. The molecule has 1 saturated heterocycles. The number of hydrogen-bond acceptors (Lipinski definition) is 4. The molecule has 0 bridgehead atoms. The van der Waals surface area contributed by atoms with E-state index in [0.29, 0.717) is 12.3 Å². The Morgan fingerprint density at radius 3 is 2.78 bits per heavy atom. The second-order valence-corrected chi connectivity index (χ2v) is 5.02. The summed E-state index contributed by atoms with van der Waals surface area (Å²) in [5.41, 5.74) is 1.02. The second kappa shape index (κ2) is 5.52. The topological polar surface area (TPSA) is 38.8 Å². The zero-order chi connectivity index (χ0) is 13.1. The molecule has 1 unspecified atom stereocenters. The predicted molar refractivity (Wildman–Crippen MR) is 72.1 cm³/mol. The third kappa shape index (κ3) is 2.27. The molecule has 0 aromatic heterocycles. The minimum Gasteiger partial charge on any atom is -0.497 e. The zero-order valence-corrected chi connectivity index (χ0v) is 11.6. The van der Waals surface area contributed by atoms with Crippen LogP contribution in [0.5, 0.6) is 11.5 Å². The third-order valence-electron chi connectivity index (χ3n) is 3.02. The molecule has 1 atom stereocenters. The summed E-state index contributed by atoms with van der Waals surface area (Å²) in [6.07, 6.45) is 0. The number of amides is 1. The van der Waals surface area contributed by atoms with Crippen molar-refractivity contribution in [1.29, 1.82) is 0 Å². The van der Waals surface area contributed by atoms with Crippen LogP contribution in [-0.4, -0.2) is 37.3 Å². The van der Waals surface area contributed by atoms with E-state index < -0.39 is 0 Å². The van der Waals surface area contributed by atoms with Gasteiger partial charge in [-0.3, -0.25) is 4.79 Å². The molecular formula is C13H17NO3S. The van der Waals surface area contributed by atoms with E-state index in [4.69, 9.17) is 9.47 Å². The third-order valence-corrected chi connectivity index (χ3v) is 4.25. The molecule has 0 saturated carbocycles. The molecule has 4 nitrogen and oxygen atoms in total. The number of methoxy groups -OCH3 is 2. The lowest BCUT2D eigenvalue weighted by atomic mass is 10.1. The maximum Gasteiger partial charge on any atom is 0.233 e. The lowest BCUT2D eigenvalue weighted by molar-refractivity contribution is -0.127. The van der Waals surface area contributed by atoms with Gasteiger partial charge in [0.1, 0.15) is 16.9 Å². The van der Waals surface area contributed by atoms with E-state index in [9.17, 15) is 4.79 Å². The first-order valence-electron chi connectivity index (χ1n) is 5.84. The summed E-state index contributed by atoms with van der Waals surface area (Å²) in [6.45, 7) is 2.71. The number of ether oxygens (including phenoxy) is 2. The van der Waals surface area contributed by atoms with E-state index in [2.05, 4.69) is 0 Å². The average Bonchev–Trinajstić information content (AvgIpc) is 2.78. The second-order valence-electron chi connectivity index (χ2n) is 3.95. The molecule has 18 heavy (non-hydrogen) atoms. The number of rotatable bonds is 4. The van der Waals surface area contributed by atoms with Gasteiger partial charge >= 0.3 is 0 Å². The zero-order valence-electron chi connectivity index (χ0n) is 10.8. The van der Waals surface area contributed by atoms with E-state index in [1.54, 1.807) is 26.0 Å². The molecule has 5 heteroatoms. The lowest BCUT2D eigenvalue weighted by Crippen LogP contribution is -2.27. The first kappa shape index (κ1) is 13.1. The van der Waals surface area contributed by atoms with Gasteiger partial charge < -0.3 is 14.4 Å². The molecule has 1 aromatic carbocycles. The smallest absolute Gasteiger partial charge is 0.233 e. The molecule has 1 aromatic rings. The number of benzene rings is 1. The van der Waals surface area contributed by atoms with Crippen molar-refractivity contribution >= 4 is 17.7 Å². The summed E-state index contributed by atoms with van der Waals surface area (Å²) in [5.74, 6) is 2.24. The molecule has 1 aliphatic rings. The number of thioether (sulfide) groups is 1. The highest BCUT2D eigenvalue weighted by atomic mass is 32.2. The normalized spacial score (nSPS) is 19.2. The van der Waals surface area contributed by atoms with E-state index >= 15 is 0 Å². The van der Waals surface area contributed by atoms with Crippen molar-refractivity contribution in [3.63, 3.8) is 0 Å². The minimum atomic E-state index is 0.0448. The summed E-state index contributed by atoms with van der Waals surface area (Å²) in [5, 5.41) is 0.0448. The molecule has 1 aliphatic heterocycles. The molecule has 1 heterocycles. The summed E-state index contributed by atoms with van der Waals surface area (Å²) < 4.78 is 10.6. The molecule has 1 amide bonds. The van der Waals surface area contributed by atoms with E-state index in [-0.39, 0.29) is 11.3 Å². The average molecular weight is 267 g/mol. The maximum absolute atomic E-state index is 11.8. The Morgan fingerprint density at radius 2 is 2.17 bits per heavy atom. The highest BCUT2D eigenvalue weighted by molar-refractivity contribution is 8.00. The molecule has 98 valence electrons. The van der Waals surface area contributed by atoms with Gasteiger partial charge in [0, 0.05) is 18.2 Å². The van der Waals surface area contributed by atoms with Crippen molar-refractivity contribution in [1.82, 2.24) is 4.90 Å². The maximum atomic E-state index is 11.8. The van der Waals surface area contributed by atoms with Gasteiger partial charge in [0.05, 0.1) is 20.0 Å². The molecule has 0 radical (unpaired) electrons. The highest BCUT2D eigenvalue weighted by Crippen LogP contribution is 2.43. The van der Waals surface area contributed by atoms with Gasteiger partial charge in [-0.15, -0.1) is 11.8 Å². The van der Waals surface area contributed by atoms with Gasteiger partial charge in [-0.05, 0) is 19.1 Å². The van der Waals surface area contributed by atoms with Crippen molar-refractivity contribution in [2.75, 3.05) is 26.5 Å². The van der Waals surface area contributed by atoms with Crippen LogP contribution < -0.4 is 9.47 Å². The summed E-state index contributed by atoms with van der Waals surface area (Å²) in [7, 11) is 3.26. The summed E-state index contributed by atoms with van der Waals surface area (Å²) >= 11 is 1.63. The summed E-state index contributed by atoms with van der Waals surface area (Å²) in [4.78, 5) is 13.6. The number of carbonyl (C=O) groups excluding carboxylic acids is 1. The van der Waals surface area contributed by atoms with Crippen LogP contribution in [0.4, 0.5) is 0 Å². The minimum absolute atomic E-state index is 0.0448. The molecule has 2 rings (SSSR count). The Balaban J connectivity index is 2.35. The van der Waals surface area contributed by atoms with Gasteiger partial charge in [-0.1, -0.05) is 0 Å². The van der Waals surface area contributed by atoms with Gasteiger partial charge in [0.2, 0.25) is 5.91 Å². The summed E-state index contributed by atoms with van der Waals surface area (Å²) in [6, 6.07) is 5.72. The molecule has 1 fully saturated rings. The lowest BCUT2D eigenvalue weighted by Gasteiger charge is -2.24. The Morgan fingerprint density at radius 1 is 1.39 bits per heavy atom. The van der Waals surface area contributed by atoms with Crippen LogP contribution in [0.1, 0.15) is 17.9 Å². The van der Waals surface area contributed by atoms with Crippen molar-refractivity contribution in [2.45, 2.75) is 12.3 Å². The Bertz CT molecular complexity index is 450. The van der Waals surface area contributed by atoms with E-state index in [1.165, 1.54) is 0 Å². The van der Waals surface area contributed by atoms with Crippen molar-refractivity contribution < 1.29 is 14.3 Å². The Hall–Kier alpha value is -1.36.